The van der Waals surface area contributed by atoms with Crippen LogP contribution in [0.5, 0.6) is 11.5 Å². The molecule has 19 heavy (non-hydrogen) atoms. The van der Waals surface area contributed by atoms with E-state index in [1.807, 2.05) is 0 Å². The summed E-state index contributed by atoms with van der Waals surface area (Å²) in [6.45, 7) is 0. The van der Waals surface area contributed by atoms with E-state index >= 15 is 0 Å². The molecule has 0 atom stereocenters. The number of hydrogen-bond donors (Lipinski definition) is 0. The van der Waals surface area contributed by atoms with Crippen LogP contribution >= 0.6 is 27.5 Å². The molecule has 0 N–H and O–H groups in total. The molecule has 100 valence electrons. The lowest BCUT2D eigenvalue weighted by atomic mass is 10.2. The van der Waals surface area contributed by atoms with Gasteiger partial charge in [0.2, 0.25) is 5.82 Å². The third-order valence-corrected chi connectivity index (χ3v) is 3.10. The molecule has 0 radical (unpaired) electrons. The second-order valence-corrected chi connectivity index (χ2v) is 4.88. The maximum absolute atomic E-state index is 13.6. The Morgan fingerprint density at radius 2 is 1.74 bits per heavy atom. The van der Waals surface area contributed by atoms with Gasteiger partial charge in [-0.2, -0.15) is 4.39 Å². The Bertz CT molecular complexity index is 619. The average molecular weight is 352 g/mol. The van der Waals surface area contributed by atoms with Gasteiger partial charge in [-0.05, 0) is 29.8 Å². The predicted molar refractivity (Wildman–Crippen MR) is 70.1 cm³/mol. The van der Waals surface area contributed by atoms with E-state index in [9.17, 15) is 13.2 Å². The quantitative estimate of drug-likeness (QED) is 0.531. The van der Waals surface area contributed by atoms with Gasteiger partial charge in [0.05, 0.1) is 0 Å². The number of ether oxygens (including phenoxy) is 1. The van der Waals surface area contributed by atoms with E-state index in [2.05, 4.69) is 15.9 Å². The van der Waals surface area contributed by atoms with Crippen molar-refractivity contribution in [3.8, 4) is 11.5 Å². The van der Waals surface area contributed by atoms with Gasteiger partial charge >= 0.3 is 0 Å². The Morgan fingerprint density at radius 1 is 1.00 bits per heavy atom. The molecule has 0 aliphatic rings. The molecule has 0 spiro atoms. The van der Waals surface area contributed by atoms with Crippen molar-refractivity contribution < 1.29 is 17.9 Å². The average Bonchev–Trinajstić information content (AvgIpc) is 2.37. The summed E-state index contributed by atoms with van der Waals surface area (Å²) in [5.74, 6) is -3.41. The molecule has 2 aromatic carbocycles. The molecule has 0 aromatic heterocycles. The maximum atomic E-state index is 13.6. The Balaban J connectivity index is 2.36. The van der Waals surface area contributed by atoms with Crippen molar-refractivity contribution in [2.45, 2.75) is 5.88 Å². The van der Waals surface area contributed by atoms with Crippen LogP contribution in [0, 0.1) is 17.5 Å². The van der Waals surface area contributed by atoms with Gasteiger partial charge in [0.15, 0.2) is 23.1 Å². The summed E-state index contributed by atoms with van der Waals surface area (Å²) in [6.07, 6.45) is 0. The molecule has 6 heteroatoms. The summed E-state index contributed by atoms with van der Waals surface area (Å²) >= 11 is 8.56. The van der Waals surface area contributed by atoms with Crippen molar-refractivity contribution in [3.05, 3.63) is 57.8 Å². The van der Waals surface area contributed by atoms with Crippen LogP contribution in [0.25, 0.3) is 0 Å². The Labute approximate surface area is 121 Å². The first-order valence-electron chi connectivity index (χ1n) is 5.18. The third-order valence-electron chi connectivity index (χ3n) is 2.33. The number of hydrogen-bond acceptors (Lipinski definition) is 1. The van der Waals surface area contributed by atoms with Crippen LogP contribution in [0.15, 0.2) is 34.8 Å². The summed E-state index contributed by atoms with van der Waals surface area (Å²) in [7, 11) is 0. The Hall–Kier alpha value is -1.20. The molecule has 2 rings (SSSR count). The van der Waals surface area contributed by atoms with Gasteiger partial charge in [-0.3, -0.25) is 0 Å². The van der Waals surface area contributed by atoms with Crippen molar-refractivity contribution >= 4 is 27.5 Å². The van der Waals surface area contributed by atoms with Crippen molar-refractivity contribution in [1.82, 2.24) is 0 Å². The summed E-state index contributed by atoms with van der Waals surface area (Å²) in [4.78, 5) is 0. The standard InChI is InChI=1S/C13H7BrClF3O/c14-8-4-10(17)13(18)12(5-8)19-11-2-1-7(6-15)3-9(11)16/h1-5H,6H2. The summed E-state index contributed by atoms with van der Waals surface area (Å²) in [5, 5.41) is 0. The minimum absolute atomic E-state index is 0.150. The minimum atomic E-state index is -1.18. The van der Waals surface area contributed by atoms with Crippen LogP contribution in [0.2, 0.25) is 0 Å². The monoisotopic (exact) mass is 350 g/mol. The van der Waals surface area contributed by atoms with E-state index in [-0.39, 0.29) is 11.6 Å². The second kappa shape index (κ2) is 5.84. The lowest BCUT2D eigenvalue weighted by molar-refractivity contribution is 0.396. The molecule has 0 fully saturated rings. The first-order chi connectivity index (χ1) is 9.01. The molecule has 0 saturated carbocycles. The zero-order valence-electron chi connectivity index (χ0n) is 9.39. The number of alkyl halides is 1. The van der Waals surface area contributed by atoms with Gasteiger partial charge in [-0.1, -0.05) is 22.0 Å². The topological polar surface area (TPSA) is 9.23 Å². The molecular formula is C13H7BrClF3O. The van der Waals surface area contributed by atoms with E-state index in [4.69, 9.17) is 16.3 Å². The highest BCUT2D eigenvalue weighted by atomic mass is 79.9. The molecular weight excluding hydrogens is 344 g/mol. The van der Waals surface area contributed by atoms with Gasteiger partial charge in [-0.15, -0.1) is 11.6 Å². The van der Waals surface area contributed by atoms with Crippen LogP contribution < -0.4 is 4.74 Å². The van der Waals surface area contributed by atoms with Gasteiger partial charge in [0, 0.05) is 10.4 Å². The van der Waals surface area contributed by atoms with Crippen LogP contribution in [-0.4, -0.2) is 0 Å². The Kier molecular flexibility index (Phi) is 4.37. The van der Waals surface area contributed by atoms with E-state index in [1.165, 1.54) is 24.3 Å². The zero-order valence-corrected chi connectivity index (χ0v) is 11.7. The highest BCUT2D eigenvalue weighted by Gasteiger charge is 2.14. The highest BCUT2D eigenvalue weighted by molar-refractivity contribution is 9.10. The van der Waals surface area contributed by atoms with Crippen molar-refractivity contribution in [2.75, 3.05) is 0 Å². The van der Waals surface area contributed by atoms with E-state index < -0.39 is 23.2 Å². The van der Waals surface area contributed by atoms with Crippen LogP contribution in [0.4, 0.5) is 13.2 Å². The molecule has 0 heterocycles. The zero-order chi connectivity index (χ0) is 14.0. The molecule has 0 aliphatic carbocycles. The first-order valence-corrected chi connectivity index (χ1v) is 6.51. The fourth-order valence-electron chi connectivity index (χ4n) is 1.44. The lowest BCUT2D eigenvalue weighted by Crippen LogP contribution is -1.95. The third kappa shape index (κ3) is 3.22. The molecule has 2 aromatic rings. The van der Waals surface area contributed by atoms with Gasteiger partial charge in [0.1, 0.15) is 0 Å². The molecule has 0 amide bonds. The smallest absolute Gasteiger partial charge is 0.201 e. The first kappa shape index (κ1) is 14.2. The maximum Gasteiger partial charge on any atom is 0.201 e. The number of halogens is 5. The second-order valence-electron chi connectivity index (χ2n) is 3.70. The van der Waals surface area contributed by atoms with E-state index in [0.29, 0.717) is 10.0 Å². The number of benzene rings is 2. The van der Waals surface area contributed by atoms with Crippen molar-refractivity contribution in [3.63, 3.8) is 0 Å². The van der Waals surface area contributed by atoms with Gasteiger partial charge in [-0.25, -0.2) is 8.78 Å². The molecule has 1 nitrogen and oxygen atoms in total. The van der Waals surface area contributed by atoms with Gasteiger partial charge < -0.3 is 4.74 Å². The van der Waals surface area contributed by atoms with Crippen LogP contribution in [0.3, 0.4) is 0 Å². The van der Waals surface area contributed by atoms with Crippen LogP contribution in [0.1, 0.15) is 5.56 Å². The number of rotatable bonds is 3. The predicted octanol–water partition coefficient (Wildman–Crippen LogP) is 5.40. The van der Waals surface area contributed by atoms with Crippen molar-refractivity contribution in [1.29, 1.82) is 0 Å². The van der Waals surface area contributed by atoms with Crippen LogP contribution in [-0.2, 0) is 5.88 Å². The fraction of sp³-hybridized carbons (Fsp3) is 0.0769. The molecule has 0 aliphatic heterocycles. The highest BCUT2D eigenvalue weighted by Crippen LogP contribution is 2.31. The fourth-order valence-corrected chi connectivity index (χ4v) is 2.01. The normalized spacial score (nSPS) is 10.6. The molecule has 0 saturated heterocycles. The van der Waals surface area contributed by atoms with Gasteiger partial charge in [0.25, 0.3) is 0 Å². The molecule has 0 unspecified atom stereocenters. The van der Waals surface area contributed by atoms with Crippen molar-refractivity contribution in [2.24, 2.45) is 0 Å². The summed E-state index contributed by atoms with van der Waals surface area (Å²) in [6, 6.07) is 6.19. The Morgan fingerprint density at radius 3 is 2.37 bits per heavy atom. The summed E-state index contributed by atoms with van der Waals surface area (Å²) < 4.78 is 45.6. The van der Waals surface area contributed by atoms with E-state index in [1.54, 1.807) is 0 Å². The van der Waals surface area contributed by atoms with E-state index in [0.717, 1.165) is 6.07 Å². The largest absolute Gasteiger partial charge is 0.451 e. The SMILES string of the molecule is Fc1cc(CCl)ccc1Oc1cc(Br)cc(F)c1F. The minimum Gasteiger partial charge on any atom is -0.451 e. The lowest BCUT2D eigenvalue weighted by Gasteiger charge is -2.09. The molecule has 0 bridgehead atoms. The summed E-state index contributed by atoms with van der Waals surface area (Å²) in [5.41, 5.74) is 0.562.